The van der Waals surface area contributed by atoms with Crippen LogP contribution < -0.4 is 5.32 Å². The number of likely N-dealkylation sites (N-methyl/N-ethyl adjacent to an activating group) is 1. The molecule has 1 N–H and O–H groups in total. The predicted molar refractivity (Wildman–Crippen MR) is 64.9 cm³/mol. The monoisotopic (exact) mass is 239 g/mol. The zero-order valence-electron chi connectivity index (χ0n) is 10.6. The molecule has 1 aromatic heterocycles. The van der Waals surface area contributed by atoms with Crippen molar-refractivity contribution in [2.24, 2.45) is 7.05 Å². The minimum absolute atomic E-state index is 0.130. The Morgan fingerprint density at radius 1 is 1.59 bits per heavy atom. The van der Waals surface area contributed by atoms with Crippen molar-refractivity contribution in [3.8, 4) is 0 Å². The molecule has 2 rings (SSSR count). The quantitative estimate of drug-likeness (QED) is 0.806. The molecule has 2 heterocycles. The van der Waals surface area contributed by atoms with Gasteiger partial charge in [-0.05, 0) is 12.6 Å². The van der Waals surface area contributed by atoms with Crippen molar-refractivity contribution in [2.75, 3.05) is 26.4 Å². The summed E-state index contributed by atoms with van der Waals surface area (Å²) < 4.78 is 13.0. The van der Waals surface area contributed by atoms with Crippen LogP contribution in [0.2, 0.25) is 0 Å². The summed E-state index contributed by atoms with van der Waals surface area (Å²) in [5, 5.41) is 7.86. The van der Waals surface area contributed by atoms with Crippen LogP contribution in [0.4, 0.5) is 0 Å². The van der Waals surface area contributed by atoms with E-state index in [0.717, 1.165) is 18.7 Å². The summed E-state index contributed by atoms with van der Waals surface area (Å²) in [5.74, 6) is 0. The molecule has 1 aliphatic rings. The lowest BCUT2D eigenvalue weighted by Crippen LogP contribution is -2.47. The number of nitrogens with zero attached hydrogens (tertiary/aromatic N) is 2. The van der Waals surface area contributed by atoms with Crippen LogP contribution in [0.1, 0.15) is 12.6 Å². The molecule has 0 radical (unpaired) electrons. The van der Waals surface area contributed by atoms with E-state index in [2.05, 4.69) is 17.3 Å². The maximum absolute atomic E-state index is 5.75. The highest BCUT2D eigenvalue weighted by Gasteiger charge is 2.25. The van der Waals surface area contributed by atoms with Crippen LogP contribution >= 0.6 is 0 Å². The number of nitrogens with one attached hydrogen (secondary N) is 1. The van der Waals surface area contributed by atoms with Crippen molar-refractivity contribution in [3.05, 3.63) is 18.0 Å². The van der Waals surface area contributed by atoms with Gasteiger partial charge < -0.3 is 14.8 Å². The number of hydrogen-bond acceptors (Lipinski definition) is 4. The van der Waals surface area contributed by atoms with E-state index in [4.69, 9.17) is 9.47 Å². The molecule has 0 bridgehead atoms. The van der Waals surface area contributed by atoms with Gasteiger partial charge in [-0.25, -0.2) is 0 Å². The Balaban J connectivity index is 1.95. The zero-order chi connectivity index (χ0) is 12.1. The summed E-state index contributed by atoms with van der Waals surface area (Å²) >= 11 is 0. The second-order valence-electron chi connectivity index (χ2n) is 4.33. The van der Waals surface area contributed by atoms with Gasteiger partial charge in [0, 0.05) is 25.7 Å². The fourth-order valence-corrected chi connectivity index (χ4v) is 2.13. The first kappa shape index (κ1) is 12.5. The molecule has 1 aromatic rings. The standard InChI is InChI=1S/C12H21N3O2/c1-3-13-11(12-9-16-6-7-17-12)8-10-4-5-15(2)14-10/h4-5,11-13H,3,6-9H2,1-2H3. The Labute approximate surface area is 102 Å². The Morgan fingerprint density at radius 2 is 2.47 bits per heavy atom. The summed E-state index contributed by atoms with van der Waals surface area (Å²) in [7, 11) is 1.94. The first-order valence-corrected chi connectivity index (χ1v) is 6.21. The molecule has 2 unspecified atom stereocenters. The number of rotatable bonds is 5. The molecule has 1 saturated heterocycles. The summed E-state index contributed by atoms with van der Waals surface area (Å²) in [6.45, 7) is 5.10. The number of hydrogen-bond donors (Lipinski definition) is 1. The minimum atomic E-state index is 0.130. The molecular formula is C12H21N3O2. The fraction of sp³-hybridized carbons (Fsp3) is 0.750. The van der Waals surface area contributed by atoms with Crippen molar-refractivity contribution < 1.29 is 9.47 Å². The maximum Gasteiger partial charge on any atom is 0.0965 e. The molecule has 96 valence electrons. The molecule has 0 amide bonds. The topological polar surface area (TPSA) is 48.3 Å². The van der Waals surface area contributed by atoms with E-state index in [1.807, 2.05) is 24.0 Å². The molecule has 0 saturated carbocycles. The fourth-order valence-electron chi connectivity index (χ4n) is 2.13. The van der Waals surface area contributed by atoms with E-state index < -0.39 is 0 Å². The third-order valence-corrected chi connectivity index (χ3v) is 2.95. The summed E-state index contributed by atoms with van der Waals surface area (Å²) in [5.41, 5.74) is 1.09. The zero-order valence-corrected chi connectivity index (χ0v) is 10.6. The Hall–Kier alpha value is -0.910. The average Bonchev–Trinajstić information content (AvgIpc) is 2.75. The van der Waals surface area contributed by atoms with E-state index in [9.17, 15) is 0 Å². The van der Waals surface area contributed by atoms with E-state index in [1.54, 1.807) is 0 Å². The van der Waals surface area contributed by atoms with Gasteiger partial charge in [0.05, 0.1) is 31.6 Å². The van der Waals surface area contributed by atoms with E-state index in [1.165, 1.54) is 0 Å². The van der Waals surface area contributed by atoms with Crippen molar-refractivity contribution in [1.82, 2.24) is 15.1 Å². The average molecular weight is 239 g/mol. The van der Waals surface area contributed by atoms with E-state index in [-0.39, 0.29) is 12.1 Å². The molecule has 1 aliphatic heterocycles. The predicted octanol–water partition coefficient (Wildman–Crippen LogP) is 0.356. The Kier molecular flexibility index (Phi) is 4.53. The van der Waals surface area contributed by atoms with Crippen molar-refractivity contribution in [1.29, 1.82) is 0 Å². The highest BCUT2D eigenvalue weighted by Crippen LogP contribution is 2.10. The summed E-state index contributed by atoms with van der Waals surface area (Å²) in [6, 6.07) is 2.32. The van der Waals surface area contributed by atoms with Gasteiger partial charge in [0.1, 0.15) is 0 Å². The van der Waals surface area contributed by atoms with Crippen LogP contribution in [0, 0.1) is 0 Å². The Bertz CT molecular complexity index is 334. The highest BCUT2D eigenvalue weighted by molar-refractivity contribution is 5.02. The van der Waals surface area contributed by atoms with Crippen LogP contribution in [-0.4, -0.2) is 48.3 Å². The molecule has 0 aliphatic carbocycles. The van der Waals surface area contributed by atoms with E-state index >= 15 is 0 Å². The van der Waals surface area contributed by atoms with Crippen LogP contribution in [-0.2, 0) is 22.9 Å². The number of aromatic nitrogens is 2. The first-order chi connectivity index (χ1) is 8.29. The van der Waals surface area contributed by atoms with Gasteiger partial charge >= 0.3 is 0 Å². The molecule has 5 nitrogen and oxygen atoms in total. The molecule has 0 aromatic carbocycles. The van der Waals surface area contributed by atoms with Crippen molar-refractivity contribution in [2.45, 2.75) is 25.5 Å². The van der Waals surface area contributed by atoms with E-state index in [0.29, 0.717) is 19.8 Å². The van der Waals surface area contributed by atoms with Gasteiger partial charge in [-0.3, -0.25) is 4.68 Å². The highest BCUT2D eigenvalue weighted by atomic mass is 16.6. The van der Waals surface area contributed by atoms with Crippen molar-refractivity contribution in [3.63, 3.8) is 0 Å². The lowest BCUT2D eigenvalue weighted by Gasteiger charge is -2.30. The lowest BCUT2D eigenvalue weighted by atomic mass is 10.1. The van der Waals surface area contributed by atoms with Crippen molar-refractivity contribution >= 4 is 0 Å². The van der Waals surface area contributed by atoms with Crippen LogP contribution in [0.15, 0.2) is 12.3 Å². The molecule has 1 fully saturated rings. The molecule has 0 spiro atoms. The first-order valence-electron chi connectivity index (χ1n) is 6.21. The van der Waals surface area contributed by atoms with Crippen LogP contribution in [0.25, 0.3) is 0 Å². The largest absolute Gasteiger partial charge is 0.376 e. The lowest BCUT2D eigenvalue weighted by molar-refractivity contribution is -0.101. The molecule has 2 atom stereocenters. The summed E-state index contributed by atoms with van der Waals surface area (Å²) in [4.78, 5) is 0. The van der Waals surface area contributed by atoms with Gasteiger partial charge in [-0.1, -0.05) is 6.92 Å². The SMILES string of the molecule is CCNC(Cc1ccn(C)n1)C1COCCO1. The third kappa shape index (κ3) is 3.52. The van der Waals surface area contributed by atoms with Gasteiger partial charge in [-0.15, -0.1) is 0 Å². The second kappa shape index (κ2) is 6.14. The Morgan fingerprint density at radius 3 is 3.06 bits per heavy atom. The van der Waals surface area contributed by atoms with Crippen LogP contribution in [0.5, 0.6) is 0 Å². The number of ether oxygens (including phenoxy) is 2. The van der Waals surface area contributed by atoms with Gasteiger partial charge in [0.15, 0.2) is 0 Å². The minimum Gasteiger partial charge on any atom is -0.376 e. The normalized spacial score (nSPS) is 22.6. The third-order valence-electron chi connectivity index (χ3n) is 2.95. The summed E-state index contributed by atoms with van der Waals surface area (Å²) in [6.07, 6.45) is 2.98. The smallest absolute Gasteiger partial charge is 0.0965 e. The molecule has 17 heavy (non-hydrogen) atoms. The van der Waals surface area contributed by atoms with Gasteiger partial charge in [0.2, 0.25) is 0 Å². The van der Waals surface area contributed by atoms with Crippen LogP contribution in [0.3, 0.4) is 0 Å². The molecular weight excluding hydrogens is 218 g/mol. The molecule has 5 heteroatoms. The maximum atomic E-state index is 5.75. The van der Waals surface area contributed by atoms with Gasteiger partial charge in [-0.2, -0.15) is 5.10 Å². The van der Waals surface area contributed by atoms with Gasteiger partial charge in [0.25, 0.3) is 0 Å². The second-order valence-corrected chi connectivity index (χ2v) is 4.33. The number of aryl methyl sites for hydroxylation is 1.